The van der Waals surface area contributed by atoms with E-state index < -0.39 is 6.04 Å². The summed E-state index contributed by atoms with van der Waals surface area (Å²) in [6.07, 6.45) is 3.74. The van der Waals surface area contributed by atoms with Gasteiger partial charge in [-0.2, -0.15) is 0 Å². The van der Waals surface area contributed by atoms with Crippen LogP contribution in [-0.2, 0) is 14.3 Å². The Morgan fingerprint density at radius 3 is 2.56 bits per heavy atom. The van der Waals surface area contributed by atoms with Gasteiger partial charge >= 0.3 is 5.97 Å². The van der Waals surface area contributed by atoms with Crippen molar-refractivity contribution in [1.29, 1.82) is 0 Å². The second kappa shape index (κ2) is 9.63. The number of halogens is 1. The minimum atomic E-state index is -0.493. The standard InChI is InChI=1S/C11H20BrNO3/c1-3-4-6-9(11(15)16-2)13-10(14)7-5-8-12/h9H,3-8H2,1-2H3,(H,13,14). The van der Waals surface area contributed by atoms with E-state index in [2.05, 4.69) is 26.0 Å². The van der Waals surface area contributed by atoms with Crippen LogP contribution in [-0.4, -0.2) is 30.4 Å². The third kappa shape index (κ3) is 6.82. The number of esters is 1. The lowest BCUT2D eigenvalue weighted by Gasteiger charge is -2.15. The largest absolute Gasteiger partial charge is 0.467 e. The highest BCUT2D eigenvalue weighted by molar-refractivity contribution is 9.09. The smallest absolute Gasteiger partial charge is 0.328 e. The van der Waals surface area contributed by atoms with Crippen molar-refractivity contribution in [3.63, 3.8) is 0 Å². The van der Waals surface area contributed by atoms with Crippen molar-refractivity contribution >= 4 is 27.8 Å². The zero-order valence-corrected chi connectivity index (χ0v) is 11.5. The van der Waals surface area contributed by atoms with Crippen molar-refractivity contribution in [3.05, 3.63) is 0 Å². The molecule has 0 aromatic rings. The summed E-state index contributed by atoms with van der Waals surface area (Å²) in [5.74, 6) is -0.452. The third-order valence-electron chi connectivity index (χ3n) is 2.20. The van der Waals surface area contributed by atoms with Crippen LogP contribution in [0.4, 0.5) is 0 Å². The van der Waals surface area contributed by atoms with Crippen molar-refractivity contribution < 1.29 is 14.3 Å². The summed E-state index contributed by atoms with van der Waals surface area (Å²) in [5.41, 5.74) is 0. The van der Waals surface area contributed by atoms with Gasteiger partial charge in [-0.15, -0.1) is 0 Å². The first-order valence-electron chi connectivity index (χ1n) is 5.58. The third-order valence-corrected chi connectivity index (χ3v) is 2.77. The lowest BCUT2D eigenvalue weighted by atomic mass is 10.1. The maximum absolute atomic E-state index is 11.5. The van der Waals surface area contributed by atoms with Gasteiger partial charge in [0.25, 0.3) is 0 Å². The Balaban J connectivity index is 4.08. The van der Waals surface area contributed by atoms with E-state index in [1.165, 1.54) is 7.11 Å². The van der Waals surface area contributed by atoms with Gasteiger partial charge in [0.2, 0.25) is 5.91 Å². The Bertz CT molecular complexity index is 221. The highest BCUT2D eigenvalue weighted by Crippen LogP contribution is 2.03. The van der Waals surface area contributed by atoms with Crippen LogP contribution < -0.4 is 5.32 Å². The van der Waals surface area contributed by atoms with E-state index in [-0.39, 0.29) is 11.9 Å². The number of rotatable bonds is 8. The molecule has 0 bridgehead atoms. The molecule has 1 atom stereocenters. The molecule has 1 amide bonds. The fraction of sp³-hybridized carbons (Fsp3) is 0.818. The summed E-state index contributed by atoms with van der Waals surface area (Å²) in [5, 5.41) is 3.49. The Morgan fingerprint density at radius 2 is 2.06 bits per heavy atom. The highest BCUT2D eigenvalue weighted by Gasteiger charge is 2.20. The average Bonchev–Trinajstić information content (AvgIpc) is 2.30. The molecular weight excluding hydrogens is 274 g/mol. The van der Waals surface area contributed by atoms with E-state index >= 15 is 0 Å². The van der Waals surface area contributed by atoms with Crippen LogP contribution in [0, 0.1) is 0 Å². The van der Waals surface area contributed by atoms with Crippen LogP contribution in [0.3, 0.4) is 0 Å². The van der Waals surface area contributed by atoms with Gasteiger partial charge in [0.05, 0.1) is 7.11 Å². The molecule has 0 radical (unpaired) electrons. The highest BCUT2D eigenvalue weighted by atomic mass is 79.9. The number of ether oxygens (including phenoxy) is 1. The summed E-state index contributed by atoms with van der Waals surface area (Å²) in [6.45, 7) is 2.04. The Labute approximate surface area is 105 Å². The summed E-state index contributed by atoms with van der Waals surface area (Å²) in [4.78, 5) is 22.8. The number of amides is 1. The molecule has 0 fully saturated rings. The van der Waals surface area contributed by atoms with Crippen LogP contribution in [0.15, 0.2) is 0 Å². The molecule has 0 saturated heterocycles. The van der Waals surface area contributed by atoms with E-state index in [9.17, 15) is 9.59 Å². The summed E-state index contributed by atoms with van der Waals surface area (Å²) < 4.78 is 4.65. The van der Waals surface area contributed by atoms with Gasteiger partial charge in [0.1, 0.15) is 6.04 Å². The number of methoxy groups -OCH3 is 1. The molecular formula is C11H20BrNO3. The van der Waals surface area contributed by atoms with Crippen LogP contribution in [0.1, 0.15) is 39.0 Å². The van der Waals surface area contributed by atoms with Crippen LogP contribution in [0.2, 0.25) is 0 Å². The van der Waals surface area contributed by atoms with Crippen LogP contribution >= 0.6 is 15.9 Å². The van der Waals surface area contributed by atoms with Crippen molar-refractivity contribution in [2.45, 2.75) is 45.1 Å². The monoisotopic (exact) mass is 293 g/mol. The number of nitrogens with one attached hydrogen (secondary N) is 1. The second-order valence-corrected chi connectivity index (χ2v) is 4.37. The Kier molecular flexibility index (Phi) is 9.28. The second-order valence-electron chi connectivity index (χ2n) is 3.58. The number of carbonyl (C=O) groups is 2. The van der Waals surface area contributed by atoms with E-state index in [4.69, 9.17) is 0 Å². The summed E-state index contributed by atoms with van der Waals surface area (Å²) in [6, 6.07) is -0.493. The summed E-state index contributed by atoms with van der Waals surface area (Å²) >= 11 is 3.26. The number of alkyl halides is 1. The van der Waals surface area contributed by atoms with E-state index in [1.54, 1.807) is 0 Å². The van der Waals surface area contributed by atoms with Gasteiger partial charge < -0.3 is 10.1 Å². The van der Waals surface area contributed by atoms with Crippen LogP contribution in [0.25, 0.3) is 0 Å². The zero-order valence-electron chi connectivity index (χ0n) is 9.92. The molecule has 0 spiro atoms. The molecule has 4 nitrogen and oxygen atoms in total. The van der Waals surface area contributed by atoms with Gasteiger partial charge in [0, 0.05) is 11.8 Å². The first-order chi connectivity index (χ1) is 7.65. The number of unbranched alkanes of at least 4 members (excludes halogenated alkanes) is 1. The minimum absolute atomic E-state index is 0.0917. The molecule has 0 aromatic carbocycles. The van der Waals surface area contributed by atoms with E-state index in [1.807, 2.05) is 6.92 Å². The van der Waals surface area contributed by atoms with Crippen molar-refractivity contribution in [1.82, 2.24) is 5.32 Å². The lowest BCUT2D eigenvalue weighted by Crippen LogP contribution is -2.41. The molecule has 5 heteroatoms. The number of hydrogen-bond acceptors (Lipinski definition) is 3. The average molecular weight is 294 g/mol. The molecule has 0 rings (SSSR count). The lowest BCUT2D eigenvalue weighted by molar-refractivity contribution is -0.145. The Hall–Kier alpha value is -0.580. The molecule has 94 valence electrons. The van der Waals surface area contributed by atoms with Crippen molar-refractivity contribution in [2.24, 2.45) is 0 Å². The molecule has 0 aliphatic carbocycles. The number of hydrogen-bond donors (Lipinski definition) is 1. The van der Waals surface area contributed by atoms with Gasteiger partial charge in [-0.05, 0) is 12.8 Å². The van der Waals surface area contributed by atoms with Crippen molar-refractivity contribution in [2.75, 3.05) is 12.4 Å². The molecule has 0 aliphatic rings. The molecule has 0 aliphatic heterocycles. The number of carbonyl (C=O) groups excluding carboxylic acids is 2. The SMILES string of the molecule is CCCCC(NC(=O)CCCBr)C(=O)OC. The normalized spacial score (nSPS) is 11.9. The first kappa shape index (κ1) is 15.4. The molecule has 1 unspecified atom stereocenters. The van der Waals surface area contributed by atoms with Crippen molar-refractivity contribution in [3.8, 4) is 0 Å². The van der Waals surface area contributed by atoms with Gasteiger partial charge in [-0.3, -0.25) is 4.79 Å². The van der Waals surface area contributed by atoms with Gasteiger partial charge in [-0.1, -0.05) is 35.7 Å². The van der Waals surface area contributed by atoms with Gasteiger partial charge in [0.15, 0.2) is 0 Å². The maximum Gasteiger partial charge on any atom is 0.328 e. The topological polar surface area (TPSA) is 55.4 Å². The predicted octanol–water partition coefficient (Wildman–Crippen LogP) is 2.01. The quantitative estimate of drug-likeness (QED) is 0.550. The molecule has 0 heterocycles. The first-order valence-corrected chi connectivity index (χ1v) is 6.71. The molecule has 0 saturated carbocycles. The van der Waals surface area contributed by atoms with Gasteiger partial charge in [-0.25, -0.2) is 4.79 Å². The minimum Gasteiger partial charge on any atom is -0.467 e. The summed E-state index contributed by atoms with van der Waals surface area (Å²) in [7, 11) is 1.34. The zero-order chi connectivity index (χ0) is 12.4. The van der Waals surface area contributed by atoms with E-state index in [0.29, 0.717) is 12.8 Å². The molecule has 1 N–H and O–H groups in total. The molecule has 16 heavy (non-hydrogen) atoms. The molecule has 0 aromatic heterocycles. The van der Waals surface area contributed by atoms with E-state index in [0.717, 1.165) is 24.6 Å². The maximum atomic E-state index is 11.5. The fourth-order valence-electron chi connectivity index (χ4n) is 1.29. The van der Waals surface area contributed by atoms with Crippen LogP contribution in [0.5, 0.6) is 0 Å². The Morgan fingerprint density at radius 1 is 1.38 bits per heavy atom. The predicted molar refractivity (Wildman–Crippen MR) is 66.5 cm³/mol. The fourth-order valence-corrected chi connectivity index (χ4v) is 1.57.